The number of nitrogens with one attached hydrogen (secondary N) is 3. The topological polar surface area (TPSA) is 103 Å². The lowest BCUT2D eigenvalue weighted by Crippen LogP contribution is -2.39. The molecule has 0 unspecified atom stereocenters. The molecule has 0 aliphatic heterocycles. The number of rotatable bonds is 6. The van der Waals surface area contributed by atoms with Crippen molar-refractivity contribution < 1.29 is 4.79 Å². The van der Waals surface area contributed by atoms with E-state index in [-0.39, 0.29) is 12.1 Å². The second-order valence-electron chi connectivity index (χ2n) is 4.87. The van der Waals surface area contributed by atoms with Gasteiger partial charge in [-0.25, -0.2) is 9.78 Å². The Kier molecular flexibility index (Phi) is 5.89. The fourth-order valence-electron chi connectivity index (χ4n) is 1.93. The summed E-state index contributed by atoms with van der Waals surface area (Å²) in [5, 5.41) is 17.4. The normalized spacial score (nSPS) is 11.1. The van der Waals surface area contributed by atoms with Crippen LogP contribution in [0.5, 0.6) is 0 Å². The first kappa shape index (κ1) is 16.2. The van der Waals surface area contributed by atoms with Crippen molar-refractivity contribution in [1.29, 1.82) is 5.26 Å². The lowest BCUT2D eigenvalue weighted by molar-refractivity contribution is 0.238. The molecule has 0 saturated heterocycles. The predicted molar refractivity (Wildman–Crippen MR) is 86.6 cm³/mol. The van der Waals surface area contributed by atoms with Gasteiger partial charge in [0.1, 0.15) is 5.82 Å². The number of hydrogen-bond donors (Lipinski definition) is 3. The number of carbonyl (C=O) groups excluding carboxylic acids is 1. The molecule has 1 aromatic carbocycles. The van der Waals surface area contributed by atoms with Crippen LogP contribution in [0, 0.1) is 11.3 Å². The quantitative estimate of drug-likeness (QED) is 0.706. The van der Waals surface area contributed by atoms with Gasteiger partial charge in [0.15, 0.2) is 0 Å². The van der Waals surface area contributed by atoms with Crippen molar-refractivity contribution >= 4 is 11.8 Å². The molecule has 0 saturated carbocycles. The van der Waals surface area contributed by atoms with E-state index >= 15 is 0 Å². The Balaban J connectivity index is 1.70. The Labute approximate surface area is 134 Å². The molecule has 2 rings (SSSR count). The smallest absolute Gasteiger partial charge is 0.315 e. The van der Waals surface area contributed by atoms with Crippen LogP contribution < -0.4 is 16.0 Å². The van der Waals surface area contributed by atoms with Gasteiger partial charge in [0.25, 0.3) is 0 Å². The van der Waals surface area contributed by atoms with Gasteiger partial charge < -0.3 is 16.0 Å². The number of nitriles is 1. The first-order chi connectivity index (χ1) is 11.2. The van der Waals surface area contributed by atoms with Crippen LogP contribution >= 0.6 is 0 Å². The van der Waals surface area contributed by atoms with Crippen LogP contribution in [0.15, 0.2) is 42.9 Å². The fraction of sp³-hybridized carbons (Fsp3) is 0.250. The highest BCUT2D eigenvalue weighted by Gasteiger charge is 2.08. The van der Waals surface area contributed by atoms with Crippen molar-refractivity contribution in [3.63, 3.8) is 0 Å². The van der Waals surface area contributed by atoms with Gasteiger partial charge in [-0.1, -0.05) is 12.1 Å². The molecule has 2 amide bonds. The van der Waals surface area contributed by atoms with E-state index in [1.54, 1.807) is 30.7 Å². The summed E-state index contributed by atoms with van der Waals surface area (Å²) in [6, 6.07) is 8.80. The van der Waals surface area contributed by atoms with E-state index < -0.39 is 0 Å². The van der Waals surface area contributed by atoms with E-state index in [1.807, 2.05) is 19.1 Å². The van der Waals surface area contributed by atoms with Crippen LogP contribution in [0.1, 0.15) is 24.1 Å². The average Bonchev–Trinajstić information content (AvgIpc) is 2.59. The third-order valence-electron chi connectivity index (χ3n) is 3.17. The molecule has 0 fully saturated rings. The van der Waals surface area contributed by atoms with Gasteiger partial charge in [0.2, 0.25) is 0 Å². The van der Waals surface area contributed by atoms with Crippen LogP contribution in [0.25, 0.3) is 0 Å². The summed E-state index contributed by atoms with van der Waals surface area (Å²) < 4.78 is 0. The van der Waals surface area contributed by atoms with Crippen LogP contribution in [0.2, 0.25) is 0 Å². The lowest BCUT2D eigenvalue weighted by Gasteiger charge is -2.15. The van der Waals surface area contributed by atoms with Gasteiger partial charge in [-0.3, -0.25) is 4.98 Å². The summed E-state index contributed by atoms with van der Waals surface area (Å²) in [4.78, 5) is 19.8. The molecule has 1 atom stereocenters. The molecular weight excluding hydrogens is 292 g/mol. The number of amides is 2. The Morgan fingerprint density at radius 2 is 2.04 bits per heavy atom. The molecule has 7 heteroatoms. The lowest BCUT2D eigenvalue weighted by atomic mass is 10.1. The summed E-state index contributed by atoms with van der Waals surface area (Å²) in [5.41, 5.74) is 1.54. The molecule has 3 N–H and O–H groups in total. The van der Waals surface area contributed by atoms with E-state index in [4.69, 9.17) is 5.26 Å². The minimum atomic E-state index is -0.247. The first-order valence-electron chi connectivity index (χ1n) is 7.23. The van der Waals surface area contributed by atoms with Crippen LogP contribution in [0.4, 0.5) is 10.6 Å². The highest BCUT2D eigenvalue weighted by Crippen LogP contribution is 2.12. The third-order valence-corrected chi connectivity index (χ3v) is 3.17. The Morgan fingerprint density at radius 1 is 1.26 bits per heavy atom. The minimum Gasteiger partial charge on any atom is -0.367 e. The van der Waals surface area contributed by atoms with Crippen molar-refractivity contribution in [2.45, 2.75) is 13.0 Å². The number of benzene rings is 1. The first-order valence-corrected chi connectivity index (χ1v) is 7.23. The van der Waals surface area contributed by atoms with Crippen molar-refractivity contribution in [3.8, 4) is 6.07 Å². The van der Waals surface area contributed by atoms with Crippen molar-refractivity contribution in [1.82, 2.24) is 20.6 Å². The minimum absolute atomic E-state index is 0.143. The highest BCUT2D eigenvalue weighted by atomic mass is 16.2. The van der Waals surface area contributed by atoms with Gasteiger partial charge in [0, 0.05) is 25.5 Å². The summed E-state index contributed by atoms with van der Waals surface area (Å²) in [7, 11) is 0. The maximum absolute atomic E-state index is 11.8. The van der Waals surface area contributed by atoms with E-state index in [1.165, 1.54) is 0 Å². The predicted octanol–water partition coefficient (Wildman–Crippen LogP) is 1.82. The summed E-state index contributed by atoms with van der Waals surface area (Å²) >= 11 is 0. The standard InChI is InChI=1S/C16H18N6O/c1-12(14-4-2-13(10-17)3-5-14)22-16(23)21-9-8-20-15-11-18-6-7-19-15/h2-7,11-12H,8-9H2,1H3,(H,19,20)(H2,21,22,23)/t12-/m1/s1. The summed E-state index contributed by atoms with van der Waals surface area (Å²) in [5.74, 6) is 0.667. The molecule has 0 radical (unpaired) electrons. The van der Waals surface area contributed by atoms with Crippen LogP contribution in [0.3, 0.4) is 0 Å². The van der Waals surface area contributed by atoms with Gasteiger partial charge in [0.05, 0.1) is 23.9 Å². The SMILES string of the molecule is C[C@@H](NC(=O)NCCNc1cnccn1)c1ccc(C#N)cc1. The number of aromatic nitrogens is 2. The molecule has 0 bridgehead atoms. The largest absolute Gasteiger partial charge is 0.367 e. The molecule has 0 aliphatic rings. The molecule has 0 aliphatic carbocycles. The van der Waals surface area contributed by atoms with Gasteiger partial charge in [-0.05, 0) is 24.6 Å². The van der Waals surface area contributed by atoms with Gasteiger partial charge in [-0.2, -0.15) is 5.26 Å². The monoisotopic (exact) mass is 310 g/mol. The number of urea groups is 1. The van der Waals surface area contributed by atoms with Crippen molar-refractivity contribution in [2.75, 3.05) is 18.4 Å². The van der Waals surface area contributed by atoms with E-state index in [2.05, 4.69) is 32.0 Å². The maximum atomic E-state index is 11.8. The van der Waals surface area contributed by atoms with Crippen molar-refractivity contribution in [3.05, 3.63) is 54.0 Å². The maximum Gasteiger partial charge on any atom is 0.315 e. The van der Waals surface area contributed by atoms with E-state index in [0.717, 1.165) is 5.56 Å². The summed E-state index contributed by atoms with van der Waals surface area (Å²) in [6.45, 7) is 2.90. The molecule has 1 heterocycles. The molecule has 1 aromatic heterocycles. The second-order valence-corrected chi connectivity index (χ2v) is 4.87. The zero-order valence-electron chi connectivity index (χ0n) is 12.8. The van der Waals surface area contributed by atoms with Gasteiger partial charge >= 0.3 is 6.03 Å². The number of hydrogen-bond acceptors (Lipinski definition) is 5. The van der Waals surface area contributed by atoms with Crippen molar-refractivity contribution in [2.24, 2.45) is 0 Å². The van der Waals surface area contributed by atoms with Crippen LogP contribution in [-0.4, -0.2) is 29.1 Å². The molecule has 2 aromatic rings. The van der Waals surface area contributed by atoms with Crippen LogP contribution in [-0.2, 0) is 0 Å². The van der Waals surface area contributed by atoms with E-state index in [9.17, 15) is 4.79 Å². The van der Waals surface area contributed by atoms with E-state index in [0.29, 0.717) is 24.5 Å². The summed E-state index contributed by atoms with van der Waals surface area (Å²) in [6.07, 6.45) is 4.82. The van der Waals surface area contributed by atoms with Gasteiger partial charge in [-0.15, -0.1) is 0 Å². The average molecular weight is 310 g/mol. The number of nitrogens with zero attached hydrogens (tertiary/aromatic N) is 3. The highest BCUT2D eigenvalue weighted by molar-refractivity contribution is 5.74. The number of anilines is 1. The fourth-order valence-corrected chi connectivity index (χ4v) is 1.93. The Morgan fingerprint density at radius 3 is 2.70 bits per heavy atom. The molecular formula is C16H18N6O. The molecule has 0 spiro atoms. The molecule has 7 nitrogen and oxygen atoms in total. The Hall–Kier alpha value is -3.14. The number of carbonyl (C=O) groups is 1. The molecule has 118 valence electrons. The molecule has 23 heavy (non-hydrogen) atoms. The Bertz CT molecular complexity index is 665. The third kappa shape index (κ3) is 5.28. The zero-order chi connectivity index (χ0) is 16.5. The second kappa shape index (κ2) is 8.34. The zero-order valence-corrected chi connectivity index (χ0v) is 12.8.